The molecule has 2 aliphatic rings. The quantitative estimate of drug-likeness (QED) is 0.924. The minimum Gasteiger partial charge on any atom is -0.494 e. The maximum absolute atomic E-state index is 13.8. The summed E-state index contributed by atoms with van der Waals surface area (Å²) in [6, 6.07) is 10.8. The maximum Gasteiger partial charge on any atom is 0.255 e. The fourth-order valence-corrected chi connectivity index (χ4v) is 3.93. The van der Waals surface area contributed by atoms with Gasteiger partial charge in [0.05, 0.1) is 7.11 Å². The van der Waals surface area contributed by atoms with Gasteiger partial charge in [0, 0.05) is 23.8 Å². The van der Waals surface area contributed by atoms with Crippen LogP contribution in [0.3, 0.4) is 0 Å². The van der Waals surface area contributed by atoms with Crippen molar-refractivity contribution in [2.24, 2.45) is 0 Å². The Balaban J connectivity index is 1.56. The monoisotopic (exact) mass is 340 g/mol. The van der Waals surface area contributed by atoms with Gasteiger partial charge in [-0.1, -0.05) is 6.07 Å². The number of methoxy groups -OCH3 is 1. The molecule has 2 heterocycles. The van der Waals surface area contributed by atoms with Crippen molar-refractivity contribution in [3.63, 3.8) is 0 Å². The Labute approximate surface area is 146 Å². The van der Waals surface area contributed by atoms with Crippen LogP contribution in [0.5, 0.6) is 5.75 Å². The molecule has 1 saturated heterocycles. The molecule has 5 heteroatoms. The molecule has 25 heavy (non-hydrogen) atoms. The molecule has 130 valence electrons. The number of hydrogen-bond acceptors (Lipinski definition) is 3. The second-order valence-corrected chi connectivity index (χ2v) is 6.66. The van der Waals surface area contributed by atoms with Gasteiger partial charge in [0.25, 0.3) is 5.91 Å². The summed E-state index contributed by atoms with van der Waals surface area (Å²) in [7, 11) is 1.40. The van der Waals surface area contributed by atoms with E-state index < -0.39 is 5.82 Å². The Hall–Kier alpha value is -2.40. The Morgan fingerprint density at radius 2 is 2.12 bits per heavy atom. The van der Waals surface area contributed by atoms with Crippen LogP contribution in [0.4, 0.5) is 10.1 Å². The summed E-state index contributed by atoms with van der Waals surface area (Å²) >= 11 is 0. The summed E-state index contributed by atoms with van der Waals surface area (Å²) < 4.78 is 18.7. The number of benzene rings is 2. The fraction of sp³-hybridized carbons (Fsp3) is 0.350. The summed E-state index contributed by atoms with van der Waals surface area (Å²) in [6.45, 7) is 2.28. The molecule has 0 radical (unpaired) electrons. The molecule has 4 rings (SSSR count). The van der Waals surface area contributed by atoms with Gasteiger partial charge in [-0.05, 0) is 67.3 Å². The van der Waals surface area contributed by atoms with Gasteiger partial charge in [-0.25, -0.2) is 4.39 Å². The number of amides is 1. The van der Waals surface area contributed by atoms with E-state index in [2.05, 4.69) is 22.3 Å². The van der Waals surface area contributed by atoms with E-state index in [-0.39, 0.29) is 17.2 Å². The summed E-state index contributed by atoms with van der Waals surface area (Å²) in [6.07, 6.45) is 3.46. The molecule has 0 saturated carbocycles. The maximum atomic E-state index is 13.8. The van der Waals surface area contributed by atoms with Gasteiger partial charge in [0.2, 0.25) is 0 Å². The summed E-state index contributed by atoms with van der Waals surface area (Å²) in [4.78, 5) is 15.0. The average Bonchev–Trinajstić information content (AvgIpc) is 3.11. The minimum absolute atomic E-state index is 0.131. The molecule has 0 aliphatic carbocycles. The van der Waals surface area contributed by atoms with Gasteiger partial charge >= 0.3 is 0 Å². The van der Waals surface area contributed by atoms with Crippen LogP contribution < -0.4 is 10.1 Å². The Morgan fingerprint density at radius 3 is 2.92 bits per heavy atom. The summed E-state index contributed by atoms with van der Waals surface area (Å²) in [5.74, 6) is -0.727. The van der Waals surface area contributed by atoms with Crippen molar-refractivity contribution in [2.75, 3.05) is 25.5 Å². The van der Waals surface area contributed by atoms with Crippen molar-refractivity contribution < 1.29 is 13.9 Å². The molecule has 0 aromatic heterocycles. The largest absolute Gasteiger partial charge is 0.494 e. The van der Waals surface area contributed by atoms with E-state index >= 15 is 0 Å². The number of nitrogens with one attached hydrogen (secondary N) is 1. The van der Waals surface area contributed by atoms with Gasteiger partial charge in [0.1, 0.15) is 0 Å². The molecule has 0 spiro atoms. The first-order valence-electron chi connectivity index (χ1n) is 8.67. The van der Waals surface area contributed by atoms with Crippen molar-refractivity contribution in [1.29, 1.82) is 0 Å². The van der Waals surface area contributed by atoms with E-state index in [1.165, 1.54) is 43.2 Å². The molecular weight excluding hydrogens is 319 g/mol. The van der Waals surface area contributed by atoms with Crippen LogP contribution in [0, 0.1) is 5.82 Å². The van der Waals surface area contributed by atoms with E-state index in [4.69, 9.17) is 4.74 Å². The number of carbonyl (C=O) groups is 1. The number of hydrogen-bond donors (Lipinski definition) is 1. The third kappa shape index (κ3) is 3.00. The van der Waals surface area contributed by atoms with Gasteiger partial charge in [-0.15, -0.1) is 0 Å². The predicted molar refractivity (Wildman–Crippen MR) is 94.6 cm³/mol. The number of ether oxygens (including phenoxy) is 1. The highest BCUT2D eigenvalue weighted by atomic mass is 19.1. The van der Waals surface area contributed by atoms with Crippen molar-refractivity contribution in [1.82, 2.24) is 4.90 Å². The van der Waals surface area contributed by atoms with Gasteiger partial charge in [0.15, 0.2) is 11.6 Å². The average molecular weight is 340 g/mol. The summed E-state index contributed by atoms with van der Waals surface area (Å²) in [5, 5.41) is 2.89. The standard InChI is InChI=1S/C20H21FN2O2/c1-25-19-7-5-14(11-17(19)21)20(24)22-15-6-4-13-8-10-23-9-2-3-18(23)16(13)12-15/h4-7,11-12,18H,2-3,8-10H2,1H3,(H,22,24). The Kier molecular flexibility index (Phi) is 4.17. The summed E-state index contributed by atoms with van der Waals surface area (Å²) in [5.41, 5.74) is 3.73. The topological polar surface area (TPSA) is 41.6 Å². The zero-order valence-electron chi connectivity index (χ0n) is 14.2. The number of halogens is 1. The molecule has 1 amide bonds. The number of nitrogens with zero attached hydrogens (tertiary/aromatic N) is 1. The van der Waals surface area contributed by atoms with Gasteiger partial charge in [-0.2, -0.15) is 0 Å². The molecule has 2 aromatic rings. The third-order valence-corrected chi connectivity index (χ3v) is 5.21. The second kappa shape index (κ2) is 6.48. The van der Waals surface area contributed by atoms with E-state index in [0.29, 0.717) is 6.04 Å². The van der Waals surface area contributed by atoms with E-state index in [0.717, 1.165) is 25.2 Å². The molecule has 1 N–H and O–H groups in total. The molecule has 2 aromatic carbocycles. The van der Waals surface area contributed by atoms with Gasteiger partial charge in [-0.3, -0.25) is 9.69 Å². The molecular formula is C20H21FN2O2. The van der Waals surface area contributed by atoms with Crippen LogP contribution in [0.15, 0.2) is 36.4 Å². The normalized spacial score (nSPS) is 19.2. The van der Waals surface area contributed by atoms with Crippen LogP contribution in [-0.2, 0) is 6.42 Å². The highest BCUT2D eigenvalue weighted by Crippen LogP contribution is 2.38. The van der Waals surface area contributed by atoms with Crippen molar-refractivity contribution in [3.8, 4) is 5.75 Å². The van der Waals surface area contributed by atoms with Crippen LogP contribution in [-0.4, -0.2) is 31.0 Å². The van der Waals surface area contributed by atoms with Crippen LogP contribution >= 0.6 is 0 Å². The lowest BCUT2D eigenvalue weighted by molar-refractivity contribution is 0.102. The molecule has 0 bridgehead atoms. The zero-order chi connectivity index (χ0) is 17.4. The highest BCUT2D eigenvalue weighted by molar-refractivity contribution is 6.04. The Bertz CT molecular complexity index is 821. The lowest BCUT2D eigenvalue weighted by atomic mass is 9.92. The number of rotatable bonds is 3. The Morgan fingerprint density at radius 1 is 1.24 bits per heavy atom. The third-order valence-electron chi connectivity index (χ3n) is 5.21. The van der Waals surface area contributed by atoms with Gasteiger partial charge < -0.3 is 10.1 Å². The van der Waals surface area contributed by atoms with E-state index in [9.17, 15) is 9.18 Å². The second-order valence-electron chi connectivity index (χ2n) is 6.66. The van der Waals surface area contributed by atoms with Crippen LogP contribution in [0.1, 0.15) is 40.4 Å². The van der Waals surface area contributed by atoms with Crippen molar-refractivity contribution in [2.45, 2.75) is 25.3 Å². The first-order chi connectivity index (χ1) is 12.2. The van der Waals surface area contributed by atoms with E-state index in [1.807, 2.05) is 6.07 Å². The van der Waals surface area contributed by atoms with Crippen molar-refractivity contribution >= 4 is 11.6 Å². The van der Waals surface area contributed by atoms with E-state index in [1.54, 1.807) is 6.07 Å². The molecule has 1 atom stereocenters. The first-order valence-corrected chi connectivity index (χ1v) is 8.67. The van der Waals surface area contributed by atoms with Crippen LogP contribution in [0.25, 0.3) is 0 Å². The van der Waals surface area contributed by atoms with Crippen LogP contribution in [0.2, 0.25) is 0 Å². The molecule has 4 nitrogen and oxygen atoms in total. The number of carbonyl (C=O) groups excluding carboxylic acids is 1. The lowest BCUT2D eigenvalue weighted by Crippen LogP contribution is -2.31. The molecule has 2 aliphatic heterocycles. The SMILES string of the molecule is COc1ccc(C(=O)Nc2ccc3c(c2)C2CCCN2CC3)cc1F. The predicted octanol–water partition coefficient (Wildman–Crippen LogP) is 3.78. The minimum atomic E-state index is -0.540. The molecule has 1 unspecified atom stereocenters. The smallest absolute Gasteiger partial charge is 0.255 e. The fourth-order valence-electron chi connectivity index (χ4n) is 3.93. The number of fused-ring (bicyclic) bond motifs is 3. The number of anilines is 1. The lowest BCUT2D eigenvalue weighted by Gasteiger charge is -2.32. The highest BCUT2D eigenvalue weighted by Gasteiger charge is 2.31. The first kappa shape index (κ1) is 16.1. The molecule has 1 fully saturated rings. The van der Waals surface area contributed by atoms with Crippen molar-refractivity contribution in [3.05, 3.63) is 58.9 Å². The zero-order valence-corrected chi connectivity index (χ0v) is 14.2.